The lowest BCUT2D eigenvalue weighted by atomic mass is 10.1. The van der Waals surface area contributed by atoms with Crippen LogP contribution in [0.5, 0.6) is 0 Å². The molecule has 0 aromatic heterocycles. The molecule has 0 atom stereocenters. The fourth-order valence-corrected chi connectivity index (χ4v) is 2.63. The molecule has 1 fully saturated rings. The Morgan fingerprint density at radius 1 is 1.35 bits per heavy atom. The zero-order valence-electron chi connectivity index (χ0n) is 13.0. The van der Waals surface area contributed by atoms with Gasteiger partial charge in [0.15, 0.2) is 0 Å². The van der Waals surface area contributed by atoms with Crippen LogP contribution in [0, 0.1) is 0 Å². The molecule has 1 aliphatic heterocycles. The molecule has 1 aromatic rings. The number of carbonyl (C=O) groups is 1. The van der Waals surface area contributed by atoms with Gasteiger partial charge in [0.1, 0.15) is 6.10 Å². The smallest absolute Gasteiger partial charge is 0.416 e. The van der Waals surface area contributed by atoms with Crippen LogP contribution in [0.25, 0.3) is 0 Å². The summed E-state index contributed by atoms with van der Waals surface area (Å²) in [7, 11) is 0. The molecule has 4 nitrogen and oxygen atoms in total. The third kappa shape index (κ3) is 5.42. The molecular formula is C16H21F3N2O2. The van der Waals surface area contributed by atoms with Crippen molar-refractivity contribution in [1.29, 1.82) is 0 Å². The van der Waals surface area contributed by atoms with Crippen molar-refractivity contribution in [3.05, 3.63) is 35.4 Å². The van der Waals surface area contributed by atoms with Crippen LogP contribution in [0.2, 0.25) is 0 Å². The second-order valence-electron chi connectivity index (χ2n) is 5.61. The predicted molar refractivity (Wildman–Crippen MR) is 79.9 cm³/mol. The van der Waals surface area contributed by atoms with E-state index in [2.05, 4.69) is 10.2 Å². The summed E-state index contributed by atoms with van der Waals surface area (Å²) >= 11 is 0. The zero-order chi connectivity index (χ0) is 16.9. The average molecular weight is 330 g/mol. The number of likely N-dealkylation sites (tertiary alicyclic amines) is 1. The summed E-state index contributed by atoms with van der Waals surface area (Å²) in [5, 5.41) is 2.58. The number of alkyl carbamates (subject to hydrolysis) is 1. The number of carbonyl (C=O) groups excluding carboxylic acids is 1. The number of rotatable bonds is 4. The first-order valence-electron chi connectivity index (χ1n) is 7.71. The molecule has 23 heavy (non-hydrogen) atoms. The quantitative estimate of drug-likeness (QED) is 0.920. The number of hydrogen-bond acceptors (Lipinski definition) is 3. The van der Waals surface area contributed by atoms with Crippen molar-refractivity contribution >= 4 is 6.09 Å². The van der Waals surface area contributed by atoms with Gasteiger partial charge in [0.2, 0.25) is 0 Å². The number of amides is 1. The minimum atomic E-state index is -4.32. The van der Waals surface area contributed by atoms with Crippen molar-refractivity contribution in [2.75, 3.05) is 19.6 Å². The minimum absolute atomic E-state index is 0.126. The second kappa shape index (κ2) is 7.68. The van der Waals surface area contributed by atoms with E-state index < -0.39 is 17.8 Å². The van der Waals surface area contributed by atoms with E-state index in [0.29, 0.717) is 44.6 Å². The molecule has 0 saturated carbocycles. The van der Waals surface area contributed by atoms with Gasteiger partial charge in [-0.15, -0.1) is 0 Å². The monoisotopic (exact) mass is 330 g/mol. The SMILES string of the molecule is CCNC(=O)OC1CCN(Cc2cccc(C(F)(F)F)c2)CC1. The Morgan fingerprint density at radius 3 is 2.65 bits per heavy atom. The van der Waals surface area contributed by atoms with E-state index in [4.69, 9.17) is 4.74 Å². The third-order valence-electron chi connectivity index (χ3n) is 3.79. The van der Waals surface area contributed by atoms with Gasteiger partial charge in [-0.3, -0.25) is 4.90 Å². The topological polar surface area (TPSA) is 41.6 Å². The van der Waals surface area contributed by atoms with E-state index in [-0.39, 0.29) is 6.10 Å². The molecule has 1 saturated heterocycles. The van der Waals surface area contributed by atoms with E-state index in [1.165, 1.54) is 12.1 Å². The molecule has 1 heterocycles. The van der Waals surface area contributed by atoms with Gasteiger partial charge in [0.05, 0.1) is 5.56 Å². The van der Waals surface area contributed by atoms with Crippen LogP contribution in [-0.2, 0) is 17.5 Å². The summed E-state index contributed by atoms with van der Waals surface area (Å²) in [4.78, 5) is 13.4. The average Bonchev–Trinajstić information content (AvgIpc) is 2.49. The van der Waals surface area contributed by atoms with Gasteiger partial charge in [0.25, 0.3) is 0 Å². The lowest BCUT2D eigenvalue weighted by Gasteiger charge is -2.31. The highest BCUT2D eigenvalue weighted by atomic mass is 19.4. The fraction of sp³-hybridized carbons (Fsp3) is 0.562. The molecule has 7 heteroatoms. The van der Waals surface area contributed by atoms with Gasteiger partial charge in [-0.25, -0.2) is 4.79 Å². The number of ether oxygens (including phenoxy) is 1. The summed E-state index contributed by atoms with van der Waals surface area (Å²) < 4.78 is 43.4. The number of benzene rings is 1. The van der Waals surface area contributed by atoms with E-state index in [1.807, 2.05) is 6.92 Å². The Kier molecular flexibility index (Phi) is 5.87. The van der Waals surface area contributed by atoms with Crippen molar-refractivity contribution < 1.29 is 22.7 Å². The molecule has 0 radical (unpaired) electrons. The van der Waals surface area contributed by atoms with E-state index in [0.717, 1.165) is 6.07 Å². The molecule has 1 aromatic carbocycles. The van der Waals surface area contributed by atoms with Crippen molar-refractivity contribution in [2.45, 2.75) is 38.6 Å². The maximum absolute atomic E-state index is 12.7. The Hall–Kier alpha value is -1.76. The summed E-state index contributed by atoms with van der Waals surface area (Å²) in [6.45, 7) is 4.20. The van der Waals surface area contributed by atoms with Crippen molar-refractivity contribution in [2.24, 2.45) is 0 Å². The van der Waals surface area contributed by atoms with Crippen LogP contribution in [0.15, 0.2) is 24.3 Å². The highest BCUT2D eigenvalue weighted by molar-refractivity contribution is 5.67. The van der Waals surface area contributed by atoms with Crippen LogP contribution < -0.4 is 5.32 Å². The van der Waals surface area contributed by atoms with Crippen LogP contribution in [0.1, 0.15) is 30.9 Å². The molecule has 128 valence electrons. The maximum Gasteiger partial charge on any atom is 0.416 e. The molecule has 2 rings (SSSR count). The summed E-state index contributed by atoms with van der Waals surface area (Å²) in [5.74, 6) is 0. The summed E-state index contributed by atoms with van der Waals surface area (Å²) in [6, 6.07) is 5.41. The molecule has 0 aliphatic carbocycles. The number of piperidine rings is 1. The Morgan fingerprint density at radius 2 is 2.04 bits per heavy atom. The molecule has 1 amide bonds. The first-order chi connectivity index (χ1) is 10.9. The molecule has 0 spiro atoms. The van der Waals surface area contributed by atoms with Crippen LogP contribution in [0.3, 0.4) is 0 Å². The number of halogens is 3. The van der Waals surface area contributed by atoms with Gasteiger partial charge in [-0.1, -0.05) is 18.2 Å². The van der Waals surface area contributed by atoms with Gasteiger partial charge < -0.3 is 10.1 Å². The third-order valence-corrected chi connectivity index (χ3v) is 3.79. The lowest BCUT2D eigenvalue weighted by Crippen LogP contribution is -2.39. The number of nitrogens with one attached hydrogen (secondary N) is 1. The van der Waals surface area contributed by atoms with Crippen molar-refractivity contribution in [1.82, 2.24) is 10.2 Å². The lowest BCUT2D eigenvalue weighted by molar-refractivity contribution is -0.137. The summed E-state index contributed by atoms with van der Waals surface area (Å²) in [6.07, 6.45) is -3.47. The Balaban J connectivity index is 1.84. The molecule has 1 aliphatic rings. The number of hydrogen-bond donors (Lipinski definition) is 1. The molecular weight excluding hydrogens is 309 g/mol. The number of alkyl halides is 3. The Bertz CT molecular complexity index is 526. The minimum Gasteiger partial charge on any atom is -0.446 e. The van der Waals surface area contributed by atoms with Gasteiger partial charge in [-0.2, -0.15) is 13.2 Å². The van der Waals surface area contributed by atoms with Crippen LogP contribution in [-0.4, -0.2) is 36.7 Å². The normalized spacial score (nSPS) is 17.0. The standard InChI is InChI=1S/C16H21F3N2O2/c1-2-20-15(22)23-14-6-8-21(9-7-14)11-12-4-3-5-13(10-12)16(17,18)19/h3-5,10,14H,2,6-9,11H2,1H3,(H,20,22). The van der Waals surface area contributed by atoms with E-state index >= 15 is 0 Å². The Labute approximate surface area is 133 Å². The van der Waals surface area contributed by atoms with Gasteiger partial charge >= 0.3 is 12.3 Å². The second-order valence-corrected chi connectivity index (χ2v) is 5.61. The first kappa shape index (κ1) is 17.6. The zero-order valence-corrected chi connectivity index (χ0v) is 13.0. The van der Waals surface area contributed by atoms with Crippen LogP contribution in [0.4, 0.5) is 18.0 Å². The highest BCUT2D eigenvalue weighted by Crippen LogP contribution is 2.30. The fourth-order valence-electron chi connectivity index (χ4n) is 2.63. The van der Waals surface area contributed by atoms with Gasteiger partial charge in [-0.05, 0) is 31.4 Å². The first-order valence-corrected chi connectivity index (χ1v) is 7.71. The summed E-state index contributed by atoms with van der Waals surface area (Å²) in [5.41, 5.74) is 0.0207. The number of nitrogens with zero attached hydrogens (tertiary/aromatic N) is 1. The van der Waals surface area contributed by atoms with Crippen molar-refractivity contribution in [3.8, 4) is 0 Å². The molecule has 0 unspecified atom stereocenters. The largest absolute Gasteiger partial charge is 0.446 e. The van der Waals surface area contributed by atoms with Crippen molar-refractivity contribution in [3.63, 3.8) is 0 Å². The molecule has 0 bridgehead atoms. The maximum atomic E-state index is 12.7. The van der Waals surface area contributed by atoms with Gasteiger partial charge in [0, 0.05) is 26.2 Å². The van der Waals surface area contributed by atoms with E-state index in [1.54, 1.807) is 6.07 Å². The highest BCUT2D eigenvalue weighted by Gasteiger charge is 2.30. The van der Waals surface area contributed by atoms with Crippen LogP contribution >= 0.6 is 0 Å². The van der Waals surface area contributed by atoms with E-state index in [9.17, 15) is 18.0 Å². The molecule has 1 N–H and O–H groups in total. The predicted octanol–water partition coefficient (Wildman–Crippen LogP) is 3.42.